The van der Waals surface area contributed by atoms with Crippen LogP contribution in [0, 0.1) is 11.2 Å². The fourth-order valence-electron chi connectivity index (χ4n) is 3.32. The van der Waals surface area contributed by atoms with Crippen LogP contribution in [-0.2, 0) is 9.53 Å². The Balaban J connectivity index is 1.93. The molecule has 3 rings (SSSR count). The van der Waals surface area contributed by atoms with Crippen molar-refractivity contribution < 1.29 is 18.7 Å². The monoisotopic (exact) mass is 307 g/mol. The second kappa shape index (κ2) is 4.74. The van der Waals surface area contributed by atoms with Gasteiger partial charge in [-0.1, -0.05) is 13.8 Å². The normalized spacial score (nSPS) is 29.6. The SMILES string of the molecule is CCOC1CC2(NC(=O)N(c3cncc(F)c3)C2=O)C1(C)C. The Hall–Kier alpha value is -2.02. The molecule has 2 aliphatic rings. The maximum absolute atomic E-state index is 13.3. The minimum Gasteiger partial charge on any atom is -0.378 e. The van der Waals surface area contributed by atoms with Crippen LogP contribution in [0.15, 0.2) is 18.5 Å². The van der Waals surface area contributed by atoms with Gasteiger partial charge < -0.3 is 10.1 Å². The van der Waals surface area contributed by atoms with E-state index in [4.69, 9.17) is 4.74 Å². The molecule has 0 radical (unpaired) electrons. The molecule has 22 heavy (non-hydrogen) atoms. The summed E-state index contributed by atoms with van der Waals surface area (Å²) >= 11 is 0. The van der Waals surface area contributed by atoms with Crippen molar-refractivity contribution in [3.8, 4) is 0 Å². The summed E-state index contributed by atoms with van der Waals surface area (Å²) in [6, 6.07) is 0.565. The lowest BCUT2D eigenvalue weighted by Crippen LogP contribution is -2.73. The molecule has 1 saturated carbocycles. The number of amides is 3. The maximum Gasteiger partial charge on any atom is 0.329 e. The van der Waals surface area contributed by atoms with Crippen LogP contribution in [0.25, 0.3) is 0 Å². The van der Waals surface area contributed by atoms with E-state index in [1.54, 1.807) is 0 Å². The second-order valence-electron chi connectivity index (χ2n) is 6.21. The molecule has 1 saturated heterocycles. The summed E-state index contributed by atoms with van der Waals surface area (Å²) in [5.41, 5.74) is -1.41. The van der Waals surface area contributed by atoms with Crippen molar-refractivity contribution in [3.05, 3.63) is 24.3 Å². The molecule has 0 aromatic carbocycles. The van der Waals surface area contributed by atoms with E-state index in [1.165, 1.54) is 6.20 Å². The fourth-order valence-corrected chi connectivity index (χ4v) is 3.32. The molecule has 2 unspecified atom stereocenters. The van der Waals surface area contributed by atoms with Crippen molar-refractivity contribution in [1.82, 2.24) is 10.3 Å². The third-order valence-electron chi connectivity index (χ3n) is 4.80. The predicted molar refractivity (Wildman–Crippen MR) is 76.8 cm³/mol. The number of aromatic nitrogens is 1. The zero-order valence-electron chi connectivity index (χ0n) is 12.7. The van der Waals surface area contributed by atoms with E-state index in [0.717, 1.165) is 17.2 Å². The van der Waals surface area contributed by atoms with Crippen molar-refractivity contribution in [3.63, 3.8) is 0 Å². The molecule has 118 valence electrons. The molecule has 1 spiro atoms. The van der Waals surface area contributed by atoms with Gasteiger partial charge in [-0.15, -0.1) is 0 Å². The number of pyridine rings is 1. The predicted octanol–water partition coefficient (Wildman–Crippen LogP) is 1.85. The number of rotatable bonds is 3. The number of ether oxygens (including phenoxy) is 1. The minimum absolute atomic E-state index is 0.104. The summed E-state index contributed by atoms with van der Waals surface area (Å²) in [6.45, 7) is 6.22. The molecule has 1 N–H and O–H groups in total. The van der Waals surface area contributed by atoms with Gasteiger partial charge in [0.15, 0.2) is 0 Å². The van der Waals surface area contributed by atoms with Gasteiger partial charge in [0.05, 0.1) is 24.2 Å². The fraction of sp³-hybridized carbons (Fsp3) is 0.533. The summed E-state index contributed by atoms with van der Waals surface area (Å²) in [4.78, 5) is 29.7. The average Bonchev–Trinajstić information content (AvgIpc) is 2.72. The van der Waals surface area contributed by atoms with Crippen molar-refractivity contribution in [2.24, 2.45) is 5.41 Å². The van der Waals surface area contributed by atoms with Crippen LogP contribution in [0.2, 0.25) is 0 Å². The molecule has 1 aliphatic carbocycles. The first-order valence-electron chi connectivity index (χ1n) is 7.22. The maximum atomic E-state index is 13.3. The van der Waals surface area contributed by atoms with Gasteiger partial charge in [-0.05, 0) is 6.92 Å². The lowest BCUT2D eigenvalue weighted by atomic mass is 9.54. The Kier molecular flexibility index (Phi) is 3.21. The minimum atomic E-state index is -1.00. The number of anilines is 1. The van der Waals surface area contributed by atoms with Gasteiger partial charge >= 0.3 is 6.03 Å². The van der Waals surface area contributed by atoms with E-state index in [2.05, 4.69) is 10.3 Å². The van der Waals surface area contributed by atoms with Crippen molar-refractivity contribution in [2.75, 3.05) is 11.5 Å². The van der Waals surface area contributed by atoms with Crippen molar-refractivity contribution in [1.29, 1.82) is 0 Å². The number of imide groups is 1. The van der Waals surface area contributed by atoms with E-state index in [0.29, 0.717) is 13.0 Å². The van der Waals surface area contributed by atoms with Gasteiger partial charge in [0, 0.05) is 24.5 Å². The van der Waals surface area contributed by atoms with Gasteiger partial charge in [-0.25, -0.2) is 14.1 Å². The first-order valence-corrected chi connectivity index (χ1v) is 7.22. The summed E-state index contributed by atoms with van der Waals surface area (Å²) in [6.07, 6.45) is 2.63. The second-order valence-corrected chi connectivity index (χ2v) is 6.21. The smallest absolute Gasteiger partial charge is 0.329 e. The number of hydrogen-bond donors (Lipinski definition) is 1. The van der Waals surface area contributed by atoms with E-state index >= 15 is 0 Å². The van der Waals surface area contributed by atoms with Crippen LogP contribution >= 0.6 is 0 Å². The van der Waals surface area contributed by atoms with Crippen LogP contribution in [-0.4, -0.2) is 35.2 Å². The van der Waals surface area contributed by atoms with Gasteiger partial charge in [-0.2, -0.15) is 0 Å². The third kappa shape index (κ3) is 1.78. The average molecular weight is 307 g/mol. The summed E-state index contributed by atoms with van der Waals surface area (Å²) < 4.78 is 19.0. The summed E-state index contributed by atoms with van der Waals surface area (Å²) in [5, 5.41) is 2.77. The molecule has 6 nitrogen and oxygen atoms in total. The quantitative estimate of drug-likeness (QED) is 0.865. The Bertz CT molecular complexity index is 649. The zero-order valence-corrected chi connectivity index (χ0v) is 12.7. The standard InChI is InChI=1S/C15H18FN3O3/c1-4-22-11-6-15(14(11,2)3)12(20)19(13(21)18-15)10-5-9(16)7-17-8-10/h5,7-8,11H,4,6H2,1-3H3,(H,18,21). The third-order valence-corrected chi connectivity index (χ3v) is 4.80. The summed E-state index contributed by atoms with van der Waals surface area (Å²) in [7, 11) is 0. The molecule has 1 aromatic rings. The number of hydrogen-bond acceptors (Lipinski definition) is 4. The largest absolute Gasteiger partial charge is 0.378 e. The summed E-state index contributed by atoms with van der Waals surface area (Å²) in [5.74, 6) is -0.982. The van der Waals surface area contributed by atoms with Crippen molar-refractivity contribution >= 4 is 17.6 Å². The highest BCUT2D eigenvalue weighted by molar-refractivity contribution is 6.24. The number of halogens is 1. The molecule has 2 atom stereocenters. The number of carbonyl (C=O) groups is 2. The molecule has 2 heterocycles. The Morgan fingerprint density at radius 3 is 2.77 bits per heavy atom. The highest BCUT2D eigenvalue weighted by Gasteiger charge is 2.70. The highest BCUT2D eigenvalue weighted by atomic mass is 19.1. The van der Waals surface area contributed by atoms with Crippen LogP contribution in [0.5, 0.6) is 0 Å². The molecular formula is C15H18FN3O3. The number of urea groups is 1. The molecule has 3 amide bonds. The van der Waals surface area contributed by atoms with Gasteiger partial charge in [0.25, 0.3) is 5.91 Å². The van der Waals surface area contributed by atoms with Gasteiger partial charge in [0.2, 0.25) is 0 Å². The lowest BCUT2D eigenvalue weighted by molar-refractivity contribution is -0.169. The highest BCUT2D eigenvalue weighted by Crippen LogP contribution is 2.54. The first-order chi connectivity index (χ1) is 10.3. The van der Waals surface area contributed by atoms with E-state index in [-0.39, 0.29) is 17.7 Å². The van der Waals surface area contributed by atoms with Crippen LogP contribution < -0.4 is 10.2 Å². The molecule has 1 aliphatic heterocycles. The molecule has 2 fully saturated rings. The van der Waals surface area contributed by atoms with Crippen LogP contribution in [0.3, 0.4) is 0 Å². The number of nitrogens with one attached hydrogen (secondary N) is 1. The van der Waals surface area contributed by atoms with Gasteiger partial charge in [0.1, 0.15) is 11.4 Å². The Morgan fingerprint density at radius 1 is 1.45 bits per heavy atom. The molecular weight excluding hydrogens is 289 g/mol. The van der Waals surface area contributed by atoms with Crippen LogP contribution in [0.4, 0.5) is 14.9 Å². The molecule has 7 heteroatoms. The lowest BCUT2D eigenvalue weighted by Gasteiger charge is -2.57. The first kappa shape index (κ1) is 14.9. The molecule has 1 aromatic heterocycles. The topological polar surface area (TPSA) is 71.5 Å². The number of carbonyl (C=O) groups excluding carboxylic acids is 2. The Labute approximate surface area is 127 Å². The number of nitrogens with zero attached hydrogens (tertiary/aromatic N) is 2. The van der Waals surface area contributed by atoms with Crippen LogP contribution in [0.1, 0.15) is 27.2 Å². The van der Waals surface area contributed by atoms with E-state index in [9.17, 15) is 14.0 Å². The molecule has 0 bridgehead atoms. The van der Waals surface area contributed by atoms with Gasteiger partial charge in [-0.3, -0.25) is 9.78 Å². The zero-order chi connectivity index (χ0) is 16.1. The van der Waals surface area contributed by atoms with E-state index in [1.807, 2.05) is 20.8 Å². The van der Waals surface area contributed by atoms with E-state index < -0.39 is 22.8 Å². The Morgan fingerprint density at radius 2 is 2.18 bits per heavy atom. The van der Waals surface area contributed by atoms with Crippen molar-refractivity contribution in [2.45, 2.75) is 38.8 Å².